The lowest BCUT2D eigenvalue weighted by atomic mass is 9.98. The smallest absolute Gasteiger partial charge is 0.416 e. The van der Waals surface area contributed by atoms with Crippen LogP contribution in [0.1, 0.15) is 22.6 Å². The van der Waals surface area contributed by atoms with Crippen LogP contribution in [0.3, 0.4) is 0 Å². The van der Waals surface area contributed by atoms with Gasteiger partial charge in [-0.05, 0) is 34.7 Å². The summed E-state index contributed by atoms with van der Waals surface area (Å²) in [6.45, 7) is 0.731. The minimum absolute atomic E-state index is 0.0529. The van der Waals surface area contributed by atoms with Gasteiger partial charge in [0.1, 0.15) is 13.2 Å². The van der Waals surface area contributed by atoms with E-state index in [0.717, 1.165) is 22.3 Å². The molecule has 1 N–H and O–H groups in total. The Morgan fingerprint density at radius 1 is 1.12 bits per heavy atom. The van der Waals surface area contributed by atoms with Gasteiger partial charge in [0.2, 0.25) is 5.82 Å². The summed E-state index contributed by atoms with van der Waals surface area (Å²) < 4.78 is 5.48. The van der Waals surface area contributed by atoms with E-state index in [1.54, 1.807) is 6.92 Å². The molecule has 4 rings (SSSR count). The fourth-order valence-electron chi connectivity index (χ4n) is 3.92. The van der Waals surface area contributed by atoms with E-state index in [9.17, 15) is 24.8 Å². The van der Waals surface area contributed by atoms with Crippen molar-refractivity contribution in [1.29, 1.82) is 0 Å². The topological polar surface area (TPSA) is 123 Å². The molecule has 1 amide bonds. The SMILES string of the molecule is Cc1cnc(N(CC(=O)O)C(=O)OCC2c3ccccc3-c3ccccc32)c([N+](=O)[O-])c1. The molecule has 0 spiro atoms. The number of aromatic nitrogens is 1. The number of pyridine rings is 1. The number of carboxylic acid groups (broad SMARTS) is 1. The number of carboxylic acids is 1. The molecule has 9 nitrogen and oxygen atoms in total. The number of hydrogen-bond donors (Lipinski definition) is 1. The Hall–Kier alpha value is -4.27. The van der Waals surface area contributed by atoms with E-state index >= 15 is 0 Å². The van der Waals surface area contributed by atoms with Crippen LogP contribution in [0, 0.1) is 17.0 Å². The number of aryl methyl sites for hydroxylation is 1. The second kappa shape index (κ2) is 8.46. The first-order chi connectivity index (χ1) is 15.4. The fraction of sp³-hybridized carbons (Fsp3) is 0.174. The average Bonchev–Trinajstić information content (AvgIpc) is 3.09. The number of carbonyl (C=O) groups is 2. The van der Waals surface area contributed by atoms with Crippen LogP contribution in [0.15, 0.2) is 60.8 Å². The zero-order valence-corrected chi connectivity index (χ0v) is 17.1. The van der Waals surface area contributed by atoms with E-state index in [-0.39, 0.29) is 18.3 Å². The van der Waals surface area contributed by atoms with Gasteiger partial charge in [-0.1, -0.05) is 48.5 Å². The molecule has 1 aliphatic carbocycles. The van der Waals surface area contributed by atoms with Gasteiger partial charge in [0, 0.05) is 18.2 Å². The highest BCUT2D eigenvalue weighted by atomic mass is 16.6. The van der Waals surface area contributed by atoms with Crippen molar-refractivity contribution in [1.82, 2.24) is 4.98 Å². The predicted molar refractivity (Wildman–Crippen MR) is 116 cm³/mol. The minimum Gasteiger partial charge on any atom is -0.480 e. The maximum Gasteiger partial charge on any atom is 0.416 e. The van der Waals surface area contributed by atoms with E-state index < -0.39 is 29.2 Å². The molecule has 32 heavy (non-hydrogen) atoms. The van der Waals surface area contributed by atoms with Crippen molar-refractivity contribution in [2.24, 2.45) is 0 Å². The Morgan fingerprint density at radius 2 is 1.72 bits per heavy atom. The summed E-state index contributed by atoms with van der Waals surface area (Å²) in [6, 6.07) is 16.8. The zero-order chi connectivity index (χ0) is 22.8. The number of amides is 1. The first-order valence-corrected chi connectivity index (χ1v) is 9.82. The maximum atomic E-state index is 12.9. The summed E-state index contributed by atoms with van der Waals surface area (Å²) >= 11 is 0. The van der Waals surface area contributed by atoms with Gasteiger partial charge < -0.3 is 9.84 Å². The molecule has 3 aromatic rings. The van der Waals surface area contributed by atoms with Gasteiger partial charge in [0.15, 0.2) is 0 Å². The highest BCUT2D eigenvalue weighted by molar-refractivity contribution is 5.94. The van der Waals surface area contributed by atoms with E-state index in [1.165, 1.54) is 12.3 Å². The Kier molecular flexibility index (Phi) is 5.55. The number of carbonyl (C=O) groups excluding carboxylic acids is 1. The third kappa shape index (κ3) is 3.87. The molecule has 0 bridgehead atoms. The molecule has 0 fully saturated rings. The number of aliphatic carboxylic acids is 1. The Balaban J connectivity index is 1.62. The van der Waals surface area contributed by atoms with Crippen LogP contribution in [0.4, 0.5) is 16.3 Å². The molecule has 0 saturated carbocycles. The predicted octanol–water partition coefficient (Wildman–Crippen LogP) is 4.14. The highest BCUT2D eigenvalue weighted by Crippen LogP contribution is 2.44. The molecule has 0 saturated heterocycles. The molecular formula is C23H19N3O6. The fourth-order valence-corrected chi connectivity index (χ4v) is 3.92. The molecule has 0 unspecified atom stereocenters. The minimum atomic E-state index is -1.35. The molecule has 0 atom stereocenters. The number of nitrogens with zero attached hydrogens (tertiary/aromatic N) is 3. The van der Waals surface area contributed by atoms with E-state index in [4.69, 9.17) is 4.74 Å². The summed E-state index contributed by atoms with van der Waals surface area (Å²) in [5, 5.41) is 20.7. The summed E-state index contributed by atoms with van der Waals surface area (Å²) in [5.74, 6) is -1.96. The number of anilines is 1. The van der Waals surface area contributed by atoms with Crippen molar-refractivity contribution in [3.63, 3.8) is 0 Å². The van der Waals surface area contributed by atoms with Gasteiger partial charge in [0.05, 0.1) is 4.92 Å². The molecule has 0 aliphatic heterocycles. The molecule has 162 valence electrons. The summed E-state index contributed by atoms with van der Waals surface area (Å²) in [5.41, 5.74) is 4.10. The van der Waals surface area contributed by atoms with Gasteiger partial charge in [0.25, 0.3) is 0 Å². The molecule has 1 aromatic heterocycles. The molecule has 9 heteroatoms. The number of nitro groups is 1. The molecule has 1 heterocycles. The van der Waals surface area contributed by atoms with Gasteiger partial charge in [-0.2, -0.15) is 0 Å². The Labute approximate surface area is 183 Å². The number of fused-ring (bicyclic) bond motifs is 3. The monoisotopic (exact) mass is 433 g/mol. The van der Waals surface area contributed by atoms with Crippen LogP contribution in [0.2, 0.25) is 0 Å². The number of hydrogen-bond acceptors (Lipinski definition) is 6. The first kappa shape index (κ1) is 21.0. The van der Waals surface area contributed by atoms with Crippen molar-refractivity contribution in [3.05, 3.63) is 87.6 Å². The van der Waals surface area contributed by atoms with Crippen LogP contribution in [-0.4, -0.2) is 40.2 Å². The lowest BCUT2D eigenvalue weighted by Gasteiger charge is -2.21. The van der Waals surface area contributed by atoms with Gasteiger partial charge in [-0.25, -0.2) is 14.7 Å². The lowest BCUT2D eigenvalue weighted by molar-refractivity contribution is -0.384. The summed E-state index contributed by atoms with van der Waals surface area (Å²) in [6.07, 6.45) is 0.308. The largest absolute Gasteiger partial charge is 0.480 e. The molecule has 0 radical (unpaired) electrons. The standard InChI is InChI=1S/C23H19N3O6/c1-14-10-20(26(30)31)22(24-11-14)25(12-21(27)28)23(29)32-13-19-17-8-4-2-6-15(17)16-7-3-5-9-18(16)19/h2-11,19H,12-13H2,1H3,(H,27,28). The van der Waals surface area contributed by atoms with Crippen LogP contribution in [0.5, 0.6) is 0 Å². The van der Waals surface area contributed by atoms with E-state index in [1.807, 2.05) is 48.5 Å². The van der Waals surface area contributed by atoms with Gasteiger partial charge in [-0.15, -0.1) is 0 Å². The van der Waals surface area contributed by atoms with Crippen LogP contribution >= 0.6 is 0 Å². The second-order valence-electron chi connectivity index (χ2n) is 7.40. The van der Waals surface area contributed by atoms with Crippen LogP contribution < -0.4 is 4.90 Å². The normalized spacial score (nSPS) is 12.0. The van der Waals surface area contributed by atoms with E-state index in [0.29, 0.717) is 10.5 Å². The molecule has 2 aromatic carbocycles. The quantitative estimate of drug-likeness (QED) is 0.458. The third-order valence-electron chi connectivity index (χ3n) is 5.29. The molecular weight excluding hydrogens is 414 g/mol. The van der Waals surface area contributed by atoms with Gasteiger partial charge >= 0.3 is 17.7 Å². The summed E-state index contributed by atoms with van der Waals surface area (Å²) in [7, 11) is 0. The first-order valence-electron chi connectivity index (χ1n) is 9.82. The number of benzene rings is 2. The van der Waals surface area contributed by atoms with Crippen molar-refractivity contribution >= 4 is 23.6 Å². The zero-order valence-electron chi connectivity index (χ0n) is 17.1. The highest BCUT2D eigenvalue weighted by Gasteiger charge is 2.32. The number of ether oxygens (including phenoxy) is 1. The lowest BCUT2D eigenvalue weighted by Crippen LogP contribution is -2.37. The van der Waals surface area contributed by atoms with Crippen LogP contribution in [0.25, 0.3) is 11.1 Å². The third-order valence-corrected chi connectivity index (χ3v) is 5.29. The van der Waals surface area contributed by atoms with Gasteiger partial charge in [-0.3, -0.25) is 14.9 Å². The second-order valence-corrected chi connectivity index (χ2v) is 7.40. The van der Waals surface area contributed by atoms with E-state index in [2.05, 4.69) is 4.98 Å². The Morgan fingerprint density at radius 3 is 2.28 bits per heavy atom. The van der Waals surface area contributed by atoms with Crippen molar-refractivity contribution < 1.29 is 24.4 Å². The van der Waals surface area contributed by atoms with Crippen LogP contribution in [-0.2, 0) is 9.53 Å². The van der Waals surface area contributed by atoms with Crippen molar-refractivity contribution in [3.8, 4) is 11.1 Å². The van der Waals surface area contributed by atoms with Crippen molar-refractivity contribution in [2.45, 2.75) is 12.8 Å². The number of rotatable bonds is 6. The molecule has 1 aliphatic rings. The maximum absolute atomic E-state index is 12.9. The average molecular weight is 433 g/mol. The van der Waals surface area contributed by atoms with Crippen molar-refractivity contribution in [2.75, 3.05) is 18.1 Å². The summed E-state index contributed by atoms with van der Waals surface area (Å²) in [4.78, 5) is 39.7. The Bertz CT molecular complexity index is 1180.